The van der Waals surface area contributed by atoms with Crippen molar-refractivity contribution >= 4 is 5.91 Å². The number of pyridine rings is 1. The van der Waals surface area contributed by atoms with Crippen molar-refractivity contribution in [3.63, 3.8) is 0 Å². The van der Waals surface area contributed by atoms with Crippen LogP contribution in [-0.2, 0) is 6.61 Å². The van der Waals surface area contributed by atoms with Gasteiger partial charge < -0.3 is 14.6 Å². The molecule has 0 radical (unpaired) electrons. The molecule has 1 amide bonds. The molecule has 0 saturated heterocycles. The highest BCUT2D eigenvalue weighted by atomic mass is 16.5. The van der Waals surface area contributed by atoms with Gasteiger partial charge in [-0.2, -0.15) is 0 Å². The SMILES string of the molecule is Cc1noc(C)c1COc1cccc(C(=O)N[C@H](C)c2cccnc2)c1. The summed E-state index contributed by atoms with van der Waals surface area (Å²) in [4.78, 5) is 16.6. The number of aryl methyl sites for hydroxylation is 2. The molecule has 0 spiro atoms. The number of ether oxygens (including phenoxy) is 1. The molecule has 1 atom stereocenters. The minimum Gasteiger partial charge on any atom is -0.489 e. The Balaban J connectivity index is 1.66. The second-order valence-electron chi connectivity index (χ2n) is 6.10. The number of nitrogens with zero attached hydrogens (tertiary/aromatic N) is 2. The number of rotatable bonds is 6. The van der Waals surface area contributed by atoms with E-state index in [1.807, 2.05) is 39.0 Å². The summed E-state index contributed by atoms with van der Waals surface area (Å²) in [6, 6.07) is 10.7. The first kappa shape index (κ1) is 17.7. The Kier molecular flexibility index (Phi) is 5.31. The lowest BCUT2D eigenvalue weighted by molar-refractivity contribution is 0.0939. The number of hydrogen-bond acceptors (Lipinski definition) is 5. The first-order valence-corrected chi connectivity index (χ1v) is 8.40. The molecule has 0 unspecified atom stereocenters. The molecule has 2 heterocycles. The molecule has 1 N–H and O–H groups in total. The Labute approximate surface area is 152 Å². The van der Waals surface area contributed by atoms with Gasteiger partial charge in [0.1, 0.15) is 18.1 Å². The number of benzene rings is 1. The third-order valence-electron chi connectivity index (χ3n) is 4.19. The Morgan fingerprint density at radius 1 is 1.27 bits per heavy atom. The van der Waals surface area contributed by atoms with Gasteiger partial charge in [-0.3, -0.25) is 9.78 Å². The molecular weight excluding hydrogens is 330 g/mol. The normalized spacial score (nSPS) is 11.8. The number of carbonyl (C=O) groups excluding carboxylic acids is 1. The third kappa shape index (κ3) is 4.08. The van der Waals surface area contributed by atoms with E-state index in [0.29, 0.717) is 17.9 Å². The summed E-state index contributed by atoms with van der Waals surface area (Å²) >= 11 is 0. The van der Waals surface area contributed by atoms with Crippen molar-refractivity contribution in [3.8, 4) is 5.75 Å². The first-order chi connectivity index (χ1) is 12.5. The fourth-order valence-electron chi connectivity index (χ4n) is 2.59. The van der Waals surface area contributed by atoms with Crippen molar-refractivity contribution in [1.82, 2.24) is 15.5 Å². The van der Waals surface area contributed by atoms with E-state index in [1.165, 1.54) is 0 Å². The van der Waals surface area contributed by atoms with Crippen molar-refractivity contribution in [1.29, 1.82) is 0 Å². The highest BCUT2D eigenvalue weighted by Gasteiger charge is 2.13. The van der Waals surface area contributed by atoms with Crippen LogP contribution in [-0.4, -0.2) is 16.0 Å². The molecule has 2 aromatic heterocycles. The molecule has 3 aromatic rings. The van der Waals surface area contributed by atoms with Gasteiger partial charge in [-0.1, -0.05) is 17.3 Å². The third-order valence-corrected chi connectivity index (χ3v) is 4.19. The number of nitrogens with one attached hydrogen (secondary N) is 1. The second-order valence-corrected chi connectivity index (χ2v) is 6.10. The van der Waals surface area contributed by atoms with E-state index in [9.17, 15) is 4.79 Å². The van der Waals surface area contributed by atoms with Crippen LogP contribution in [0.2, 0.25) is 0 Å². The summed E-state index contributed by atoms with van der Waals surface area (Å²) in [6.07, 6.45) is 3.45. The van der Waals surface area contributed by atoms with E-state index >= 15 is 0 Å². The lowest BCUT2D eigenvalue weighted by Gasteiger charge is -2.14. The van der Waals surface area contributed by atoms with E-state index in [1.54, 1.807) is 30.6 Å². The predicted octanol–water partition coefficient (Wildman–Crippen LogP) is 3.76. The number of hydrogen-bond donors (Lipinski definition) is 1. The molecule has 0 aliphatic heterocycles. The van der Waals surface area contributed by atoms with Crippen LogP contribution in [0.25, 0.3) is 0 Å². The van der Waals surface area contributed by atoms with E-state index in [2.05, 4.69) is 15.5 Å². The largest absolute Gasteiger partial charge is 0.489 e. The average Bonchev–Trinajstić information content (AvgIpc) is 2.98. The molecule has 0 saturated carbocycles. The summed E-state index contributed by atoms with van der Waals surface area (Å²) in [5.41, 5.74) is 3.22. The predicted molar refractivity (Wildman–Crippen MR) is 96.9 cm³/mol. The Morgan fingerprint density at radius 3 is 2.81 bits per heavy atom. The van der Waals surface area contributed by atoms with Crippen LogP contribution in [0.5, 0.6) is 5.75 Å². The average molecular weight is 351 g/mol. The topological polar surface area (TPSA) is 77.2 Å². The number of aromatic nitrogens is 2. The zero-order valence-corrected chi connectivity index (χ0v) is 15.0. The fraction of sp³-hybridized carbons (Fsp3) is 0.250. The van der Waals surface area contributed by atoms with Gasteiger partial charge in [0.05, 0.1) is 17.3 Å². The van der Waals surface area contributed by atoms with Gasteiger partial charge in [0.15, 0.2) is 0 Å². The minimum atomic E-state index is -0.163. The monoisotopic (exact) mass is 351 g/mol. The van der Waals surface area contributed by atoms with Gasteiger partial charge in [-0.25, -0.2) is 0 Å². The van der Waals surface area contributed by atoms with Gasteiger partial charge >= 0.3 is 0 Å². The van der Waals surface area contributed by atoms with Crippen LogP contribution >= 0.6 is 0 Å². The molecule has 0 aliphatic rings. The molecular formula is C20H21N3O3. The zero-order chi connectivity index (χ0) is 18.5. The highest BCUT2D eigenvalue weighted by Crippen LogP contribution is 2.19. The molecule has 0 bridgehead atoms. The van der Waals surface area contributed by atoms with Crippen LogP contribution in [0.15, 0.2) is 53.3 Å². The summed E-state index contributed by atoms with van der Waals surface area (Å²) < 4.78 is 10.9. The Hall–Kier alpha value is -3.15. The molecule has 6 nitrogen and oxygen atoms in total. The fourth-order valence-corrected chi connectivity index (χ4v) is 2.59. The standard InChI is InChI=1S/C20H21N3O3/c1-13(17-7-5-9-21-11-17)22-20(24)16-6-4-8-18(10-16)25-12-19-14(2)23-26-15(19)3/h4-11,13H,12H2,1-3H3,(H,22,24)/t13-/m1/s1. The summed E-state index contributed by atoms with van der Waals surface area (Å²) in [7, 11) is 0. The van der Waals surface area contributed by atoms with Gasteiger partial charge in [0, 0.05) is 18.0 Å². The quantitative estimate of drug-likeness (QED) is 0.732. The molecule has 0 fully saturated rings. The summed E-state index contributed by atoms with van der Waals surface area (Å²) in [5.74, 6) is 1.19. The smallest absolute Gasteiger partial charge is 0.251 e. The van der Waals surface area contributed by atoms with Crippen molar-refractivity contribution in [3.05, 3.63) is 76.9 Å². The van der Waals surface area contributed by atoms with Gasteiger partial charge in [0.2, 0.25) is 0 Å². The lowest BCUT2D eigenvalue weighted by Crippen LogP contribution is -2.26. The maximum Gasteiger partial charge on any atom is 0.251 e. The molecule has 1 aromatic carbocycles. The van der Waals surface area contributed by atoms with Crippen LogP contribution in [0.3, 0.4) is 0 Å². The molecule has 6 heteroatoms. The molecule has 3 rings (SSSR count). The van der Waals surface area contributed by atoms with E-state index in [0.717, 1.165) is 22.6 Å². The molecule has 26 heavy (non-hydrogen) atoms. The van der Waals surface area contributed by atoms with Crippen molar-refractivity contribution < 1.29 is 14.1 Å². The summed E-state index contributed by atoms with van der Waals surface area (Å²) in [5, 5.41) is 6.88. The second kappa shape index (κ2) is 7.82. The first-order valence-electron chi connectivity index (χ1n) is 8.40. The van der Waals surface area contributed by atoms with Crippen LogP contribution in [0.1, 0.15) is 45.9 Å². The number of amides is 1. The number of carbonyl (C=O) groups is 1. The van der Waals surface area contributed by atoms with Crippen LogP contribution in [0, 0.1) is 13.8 Å². The minimum absolute atomic E-state index is 0.136. The van der Waals surface area contributed by atoms with Gasteiger partial charge in [0.25, 0.3) is 5.91 Å². The Morgan fingerprint density at radius 2 is 2.12 bits per heavy atom. The van der Waals surface area contributed by atoms with Crippen LogP contribution in [0.4, 0.5) is 0 Å². The van der Waals surface area contributed by atoms with E-state index in [4.69, 9.17) is 9.26 Å². The van der Waals surface area contributed by atoms with Gasteiger partial charge in [-0.05, 0) is 50.6 Å². The van der Waals surface area contributed by atoms with E-state index in [-0.39, 0.29) is 11.9 Å². The zero-order valence-electron chi connectivity index (χ0n) is 15.0. The van der Waals surface area contributed by atoms with Gasteiger partial charge in [-0.15, -0.1) is 0 Å². The molecule has 134 valence electrons. The van der Waals surface area contributed by atoms with Crippen molar-refractivity contribution in [2.45, 2.75) is 33.4 Å². The Bertz CT molecular complexity index is 871. The maximum atomic E-state index is 12.5. The summed E-state index contributed by atoms with van der Waals surface area (Å²) in [6.45, 7) is 5.99. The van der Waals surface area contributed by atoms with Crippen LogP contribution < -0.4 is 10.1 Å². The maximum absolute atomic E-state index is 12.5. The van der Waals surface area contributed by atoms with Crippen molar-refractivity contribution in [2.24, 2.45) is 0 Å². The van der Waals surface area contributed by atoms with E-state index < -0.39 is 0 Å². The van der Waals surface area contributed by atoms with Crippen molar-refractivity contribution in [2.75, 3.05) is 0 Å². The molecule has 0 aliphatic carbocycles. The lowest BCUT2D eigenvalue weighted by atomic mass is 10.1. The highest BCUT2D eigenvalue weighted by molar-refractivity contribution is 5.94.